The number of benzene rings is 1. The van der Waals surface area contributed by atoms with Gasteiger partial charge in [-0.25, -0.2) is 4.98 Å². The number of fused-ring (bicyclic) bond motifs is 1. The van der Waals surface area contributed by atoms with Crippen LogP contribution >= 0.6 is 0 Å². The number of aromatic nitrogens is 4. The zero-order chi connectivity index (χ0) is 17.4. The molecule has 0 spiro atoms. The lowest BCUT2D eigenvalue weighted by atomic mass is 9.82. The SMILES string of the molecule is CC(C)(CN)c1cc(-c2ccc[nH]2)cc(-c2ccnc3[nH]ncc23)c1. The van der Waals surface area contributed by atoms with Crippen molar-refractivity contribution in [2.45, 2.75) is 19.3 Å². The third-order valence-corrected chi connectivity index (χ3v) is 4.80. The van der Waals surface area contributed by atoms with Crippen molar-refractivity contribution in [1.82, 2.24) is 20.2 Å². The van der Waals surface area contributed by atoms with Crippen molar-refractivity contribution >= 4 is 11.0 Å². The largest absolute Gasteiger partial charge is 0.361 e. The van der Waals surface area contributed by atoms with Crippen molar-refractivity contribution in [3.05, 3.63) is 60.6 Å². The van der Waals surface area contributed by atoms with Gasteiger partial charge in [-0.3, -0.25) is 5.10 Å². The number of H-pyrrole nitrogens is 2. The third kappa shape index (κ3) is 2.72. The fraction of sp³-hybridized carbons (Fsp3) is 0.200. The van der Waals surface area contributed by atoms with E-state index in [2.05, 4.69) is 58.3 Å². The molecule has 0 saturated heterocycles. The predicted molar refractivity (Wildman–Crippen MR) is 101 cm³/mol. The highest BCUT2D eigenvalue weighted by molar-refractivity contribution is 5.93. The fourth-order valence-electron chi connectivity index (χ4n) is 3.06. The maximum Gasteiger partial charge on any atom is 0.155 e. The minimum Gasteiger partial charge on any atom is -0.361 e. The molecule has 0 amide bonds. The molecule has 3 aromatic heterocycles. The van der Waals surface area contributed by atoms with Crippen LogP contribution in [0, 0.1) is 0 Å². The van der Waals surface area contributed by atoms with Gasteiger partial charge < -0.3 is 10.7 Å². The van der Waals surface area contributed by atoms with Gasteiger partial charge in [0.05, 0.1) is 6.20 Å². The Labute approximate surface area is 146 Å². The van der Waals surface area contributed by atoms with Crippen LogP contribution in [0.4, 0.5) is 0 Å². The van der Waals surface area contributed by atoms with Crippen molar-refractivity contribution < 1.29 is 0 Å². The number of hydrogen-bond acceptors (Lipinski definition) is 3. The van der Waals surface area contributed by atoms with Crippen molar-refractivity contribution in [1.29, 1.82) is 0 Å². The van der Waals surface area contributed by atoms with Gasteiger partial charge in [0.15, 0.2) is 5.65 Å². The molecule has 0 saturated carbocycles. The van der Waals surface area contributed by atoms with Gasteiger partial charge in [0.25, 0.3) is 0 Å². The van der Waals surface area contributed by atoms with E-state index >= 15 is 0 Å². The topological polar surface area (TPSA) is 83.4 Å². The van der Waals surface area contributed by atoms with Gasteiger partial charge in [0.1, 0.15) is 0 Å². The Morgan fingerprint density at radius 3 is 2.72 bits per heavy atom. The first-order valence-electron chi connectivity index (χ1n) is 8.36. The average Bonchev–Trinajstić information content (AvgIpc) is 3.32. The van der Waals surface area contributed by atoms with Crippen LogP contribution in [0.5, 0.6) is 0 Å². The Balaban J connectivity index is 1.97. The number of hydrogen-bond donors (Lipinski definition) is 3. The number of pyridine rings is 1. The molecule has 0 aliphatic carbocycles. The lowest BCUT2D eigenvalue weighted by molar-refractivity contribution is 0.539. The summed E-state index contributed by atoms with van der Waals surface area (Å²) in [6.45, 7) is 4.92. The van der Waals surface area contributed by atoms with Crippen LogP contribution in [0.2, 0.25) is 0 Å². The first kappa shape index (κ1) is 15.6. The second-order valence-electron chi connectivity index (χ2n) is 6.96. The fourth-order valence-corrected chi connectivity index (χ4v) is 3.06. The van der Waals surface area contributed by atoms with Crippen molar-refractivity contribution in [2.75, 3.05) is 6.54 Å². The van der Waals surface area contributed by atoms with E-state index in [0.717, 1.165) is 33.4 Å². The molecule has 5 heteroatoms. The molecule has 0 fully saturated rings. The highest BCUT2D eigenvalue weighted by atomic mass is 15.1. The molecule has 0 aliphatic heterocycles. The van der Waals surface area contributed by atoms with Crippen LogP contribution in [0.1, 0.15) is 19.4 Å². The maximum atomic E-state index is 6.04. The van der Waals surface area contributed by atoms with Crippen LogP contribution in [0.3, 0.4) is 0 Å². The van der Waals surface area contributed by atoms with Gasteiger partial charge in [-0.2, -0.15) is 5.10 Å². The molecule has 4 aromatic rings. The summed E-state index contributed by atoms with van der Waals surface area (Å²) < 4.78 is 0. The van der Waals surface area contributed by atoms with Gasteiger partial charge >= 0.3 is 0 Å². The molecule has 5 nitrogen and oxygen atoms in total. The Bertz CT molecular complexity index is 1010. The van der Waals surface area contributed by atoms with E-state index in [-0.39, 0.29) is 5.41 Å². The summed E-state index contributed by atoms with van der Waals surface area (Å²) in [7, 11) is 0. The lowest BCUT2D eigenvalue weighted by Crippen LogP contribution is -2.28. The molecule has 0 atom stereocenters. The van der Waals surface area contributed by atoms with Gasteiger partial charge in [0.2, 0.25) is 0 Å². The second kappa shape index (κ2) is 5.86. The molecule has 1 aromatic carbocycles. The van der Waals surface area contributed by atoms with Gasteiger partial charge in [-0.1, -0.05) is 19.9 Å². The number of rotatable bonds is 4. The quantitative estimate of drug-likeness (QED) is 0.531. The first-order valence-corrected chi connectivity index (χ1v) is 8.36. The molecule has 126 valence electrons. The van der Waals surface area contributed by atoms with Gasteiger partial charge in [-0.15, -0.1) is 0 Å². The van der Waals surface area contributed by atoms with Gasteiger partial charge in [0, 0.05) is 35.4 Å². The molecule has 4 rings (SSSR count). The Morgan fingerprint density at radius 2 is 1.96 bits per heavy atom. The summed E-state index contributed by atoms with van der Waals surface area (Å²) in [4.78, 5) is 7.64. The van der Waals surface area contributed by atoms with Crippen LogP contribution in [-0.2, 0) is 5.41 Å². The van der Waals surface area contributed by atoms with Crippen LogP contribution in [0.25, 0.3) is 33.4 Å². The van der Waals surface area contributed by atoms with Crippen LogP contribution in [-0.4, -0.2) is 26.7 Å². The molecule has 3 heterocycles. The molecule has 0 radical (unpaired) electrons. The number of aromatic amines is 2. The molecule has 0 bridgehead atoms. The zero-order valence-electron chi connectivity index (χ0n) is 14.4. The van der Waals surface area contributed by atoms with E-state index in [4.69, 9.17) is 5.73 Å². The van der Waals surface area contributed by atoms with Crippen LogP contribution < -0.4 is 5.73 Å². The molecule has 25 heavy (non-hydrogen) atoms. The summed E-state index contributed by atoms with van der Waals surface area (Å²) in [5.41, 5.74) is 12.4. The monoisotopic (exact) mass is 331 g/mol. The maximum absolute atomic E-state index is 6.04. The molecular weight excluding hydrogens is 310 g/mol. The van der Waals surface area contributed by atoms with Crippen molar-refractivity contribution in [2.24, 2.45) is 5.73 Å². The van der Waals surface area contributed by atoms with Crippen molar-refractivity contribution in [3.63, 3.8) is 0 Å². The van der Waals surface area contributed by atoms with Crippen LogP contribution in [0.15, 0.2) is 55.0 Å². The lowest BCUT2D eigenvalue weighted by Gasteiger charge is -2.25. The number of nitrogens with two attached hydrogens (primary N) is 1. The Morgan fingerprint density at radius 1 is 1.12 bits per heavy atom. The predicted octanol–water partition coefficient (Wildman–Crippen LogP) is 3.86. The molecule has 0 aliphatic rings. The summed E-state index contributed by atoms with van der Waals surface area (Å²) in [6.07, 6.45) is 5.58. The van der Waals surface area contributed by atoms with E-state index in [1.54, 1.807) is 0 Å². The molecule has 0 unspecified atom stereocenters. The van der Waals surface area contributed by atoms with E-state index in [1.165, 1.54) is 5.56 Å². The standard InChI is InChI=1S/C20H21N5/c1-20(2,12-21)15-9-13(8-14(10-15)18-4-3-6-22-18)16-5-7-23-19-17(16)11-24-25-19/h3-11,22H,12,21H2,1-2H3,(H,23,24,25). The van der Waals surface area contributed by atoms with E-state index < -0.39 is 0 Å². The number of nitrogens with one attached hydrogen (secondary N) is 2. The smallest absolute Gasteiger partial charge is 0.155 e. The summed E-state index contributed by atoms with van der Waals surface area (Å²) in [5, 5.41) is 8.09. The van der Waals surface area contributed by atoms with E-state index in [9.17, 15) is 0 Å². The minimum absolute atomic E-state index is 0.111. The normalized spacial score (nSPS) is 12.0. The summed E-state index contributed by atoms with van der Waals surface area (Å²) in [6, 6.07) is 12.8. The highest BCUT2D eigenvalue weighted by Gasteiger charge is 2.21. The Kier molecular flexibility index (Phi) is 3.66. The molecular formula is C20H21N5. The van der Waals surface area contributed by atoms with E-state index in [1.807, 2.05) is 30.7 Å². The molecule has 4 N–H and O–H groups in total. The highest BCUT2D eigenvalue weighted by Crippen LogP contribution is 2.34. The zero-order valence-corrected chi connectivity index (χ0v) is 14.4. The third-order valence-electron chi connectivity index (χ3n) is 4.80. The van der Waals surface area contributed by atoms with Gasteiger partial charge in [-0.05, 0) is 52.6 Å². The first-order chi connectivity index (χ1) is 12.1. The van der Waals surface area contributed by atoms with Crippen molar-refractivity contribution in [3.8, 4) is 22.4 Å². The van der Waals surface area contributed by atoms with E-state index in [0.29, 0.717) is 6.54 Å². The minimum atomic E-state index is -0.111. The second-order valence-corrected chi connectivity index (χ2v) is 6.96. The summed E-state index contributed by atoms with van der Waals surface area (Å²) >= 11 is 0. The average molecular weight is 331 g/mol. The Hall–Kier alpha value is -2.92. The summed E-state index contributed by atoms with van der Waals surface area (Å²) in [5.74, 6) is 0. The number of nitrogens with zero attached hydrogens (tertiary/aromatic N) is 2.